The molecule has 0 saturated heterocycles. The number of alkyl halides is 9. The molecule has 0 amide bonds. The van der Waals surface area contributed by atoms with Crippen molar-refractivity contribution in [3.8, 4) is 0 Å². The second-order valence-corrected chi connectivity index (χ2v) is 6.45. The van der Waals surface area contributed by atoms with Crippen molar-refractivity contribution >= 4 is 12.6 Å². The Bertz CT molecular complexity index is 367. The number of hydrogen-bond acceptors (Lipinski definition) is 1. The lowest BCUT2D eigenvalue weighted by molar-refractivity contribution is -0.396. The van der Waals surface area contributed by atoms with E-state index >= 15 is 0 Å². The Morgan fingerprint density at radius 2 is 0.840 bits per heavy atom. The molecule has 0 aromatic heterocycles. The Morgan fingerprint density at radius 3 is 1.20 bits per heavy atom. The van der Waals surface area contributed by atoms with Gasteiger partial charge in [0.2, 0.25) is 0 Å². The van der Waals surface area contributed by atoms with Crippen LogP contribution in [0.1, 0.15) is 64.2 Å². The van der Waals surface area contributed by atoms with E-state index in [1.807, 2.05) is 0 Å². The molecule has 0 rings (SSSR count). The number of unbranched alkanes of at least 4 members (excludes halogenated alkanes) is 8. The third-order valence-corrected chi connectivity index (χ3v) is 4.17. The van der Waals surface area contributed by atoms with Crippen molar-refractivity contribution in [3.05, 3.63) is 0 Å². The molecule has 0 aromatic rings. The highest BCUT2D eigenvalue weighted by Crippen LogP contribution is 2.54. The Hall–Kier alpha value is -0.280. The lowest BCUT2D eigenvalue weighted by Crippen LogP contribution is -2.60. The van der Waals surface area contributed by atoms with Gasteiger partial charge in [-0.1, -0.05) is 44.9 Å². The second kappa shape index (κ2) is 10.2. The summed E-state index contributed by atoms with van der Waals surface area (Å²) in [5, 5.41) is 0. The topological polar surface area (TPSA) is 0 Å². The van der Waals surface area contributed by atoms with Crippen LogP contribution in [0.15, 0.2) is 0 Å². The summed E-state index contributed by atoms with van der Waals surface area (Å²) in [5.74, 6) is -17.9. The molecule has 10 heteroatoms. The van der Waals surface area contributed by atoms with Crippen molar-refractivity contribution < 1.29 is 39.5 Å². The van der Waals surface area contributed by atoms with Gasteiger partial charge in [0.25, 0.3) is 0 Å². The highest BCUT2D eigenvalue weighted by Gasteiger charge is 2.81. The second-order valence-electron chi connectivity index (χ2n) is 6.01. The van der Waals surface area contributed by atoms with Crippen LogP contribution >= 0.6 is 12.6 Å². The van der Waals surface area contributed by atoms with Crippen molar-refractivity contribution in [2.45, 2.75) is 88.2 Å². The Labute approximate surface area is 146 Å². The van der Waals surface area contributed by atoms with Crippen LogP contribution in [0.3, 0.4) is 0 Å². The van der Waals surface area contributed by atoms with Crippen LogP contribution in [0.2, 0.25) is 0 Å². The van der Waals surface area contributed by atoms with E-state index < -0.39 is 36.8 Å². The first-order chi connectivity index (χ1) is 11.3. The standard InChI is InChI=1S/C15H23F9S/c16-12(17,13(18,19)14(20,21)15(22,23)24)10-8-6-4-2-1-3-5-7-9-11-25/h25H,1-11H2. The zero-order chi connectivity index (χ0) is 19.8. The number of rotatable bonds is 13. The summed E-state index contributed by atoms with van der Waals surface area (Å²) in [6.07, 6.45) is -3.06. The maximum absolute atomic E-state index is 13.2. The lowest BCUT2D eigenvalue weighted by Gasteiger charge is -2.33. The van der Waals surface area contributed by atoms with E-state index in [1.165, 1.54) is 0 Å². The first kappa shape index (κ1) is 24.7. The monoisotopic (exact) mass is 406 g/mol. The maximum Gasteiger partial charge on any atom is 0.460 e. The molecule has 0 unspecified atom stereocenters. The molecule has 0 radical (unpaired) electrons. The van der Waals surface area contributed by atoms with Gasteiger partial charge in [0.15, 0.2) is 0 Å². The number of thiol groups is 1. The molecule has 0 aliphatic heterocycles. The molecule has 25 heavy (non-hydrogen) atoms. The van der Waals surface area contributed by atoms with Crippen LogP contribution in [0, 0.1) is 0 Å². The minimum absolute atomic E-state index is 0.0693. The molecular weight excluding hydrogens is 383 g/mol. The minimum Gasteiger partial charge on any atom is -0.200 e. The van der Waals surface area contributed by atoms with Crippen molar-refractivity contribution in [1.29, 1.82) is 0 Å². The maximum atomic E-state index is 13.2. The summed E-state index contributed by atoms with van der Waals surface area (Å²) in [4.78, 5) is 0. The number of halogens is 9. The Kier molecular flexibility index (Phi) is 10.0. The van der Waals surface area contributed by atoms with Gasteiger partial charge in [0, 0.05) is 6.42 Å². The molecule has 0 N–H and O–H groups in total. The summed E-state index contributed by atoms with van der Waals surface area (Å²) in [5.41, 5.74) is 0. The molecule has 0 fully saturated rings. The molecule has 0 atom stereocenters. The average molecular weight is 406 g/mol. The highest BCUT2D eigenvalue weighted by molar-refractivity contribution is 7.80. The van der Waals surface area contributed by atoms with Crippen LogP contribution in [0.4, 0.5) is 39.5 Å². The van der Waals surface area contributed by atoms with Crippen LogP contribution in [0.25, 0.3) is 0 Å². The lowest BCUT2D eigenvalue weighted by atomic mass is 9.97. The van der Waals surface area contributed by atoms with Crippen molar-refractivity contribution in [2.24, 2.45) is 0 Å². The molecule has 0 saturated carbocycles. The third kappa shape index (κ3) is 7.09. The first-order valence-electron chi connectivity index (χ1n) is 8.12. The normalized spacial score (nSPS) is 14.2. The van der Waals surface area contributed by atoms with Gasteiger partial charge in [-0.05, 0) is 18.6 Å². The molecule has 0 aliphatic carbocycles. The zero-order valence-electron chi connectivity index (χ0n) is 13.6. The van der Waals surface area contributed by atoms with Crippen molar-refractivity contribution in [2.75, 3.05) is 5.75 Å². The first-order valence-corrected chi connectivity index (χ1v) is 8.75. The van der Waals surface area contributed by atoms with Gasteiger partial charge in [-0.15, -0.1) is 0 Å². The van der Waals surface area contributed by atoms with Crippen LogP contribution < -0.4 is 0 Å². The molecule has 0 aliphatic rings. The van der Waals surface area contributed by atoms with Crippen molar-refractivity contribution in [3.63, 3.8) is 0 Å². The van der Waals surface area contributed by atoms with Crippen LogP contribution in [-0.2, 0) is 0 Å². The van der Waals surface area contributed by atoms with Gasteiger partial charge in [-0.2, -0.15) is 52.1 Å². The summed E-state index contributed by atoms with van der Waals surface area (Å²) in [6.45, 7) is 0. The average Bonchev–Trinajstić information content (AvgIpc) is 2.47. The summed E-state index contributed by atoms with van der Waals surface area (Å²) < 4.78 is 114. The highest BCUT2D eigenvalue weighted by atomic mass is 32.1. The van der Waals surface area contributed by atoms with E-state index in [0.29, 0.717) is 12.8 Å². The molecule has 0 aromatic carbocycles. The minimum atomic E-state index is -6.78. The Morgan fingerprint density at radius 1 is 0.480 bits per heavy atom. The van der Waals surface area contributed by atoms with Gasteiger partial charge in [0.1, 0.15) is 0 Å². The fourth-order valence-electron chi connectivity index (χ4n) is 2.26. The smallest absolute Gasteiger partial charge is 0.200 e. The summed E-state index contributed by atoms with van der Waals surface area (Å²) in [6, 6.07) is 0. The van der Waals surface area contributed by atoms with Gasteiger partial charge in [-0.3, -0.25) is 0 Å². The molecule has 0 heterocycles. The van der Waals surface area contributed by atoms with E-state index in [-0.39, 0.29) is 6.42 Å². The summed E-state index contributed by atoms with van der Waals surface area (Å²) in [7, 11) is 0. The predicted octanol–water partition coefficient (Wildman–Crippen LogP) is 7.29. The SMILES string of the molecule is FC(F)(F)C(F)(F)C(F)(F)C(F)(F)CCCCCCCCCCCS. The largest absolute Gasteiger partial charge is 0.460 e. The molecular formula is C15H23F9S. The number of hydrogen-bond donors (Lipinski definition) is 1. The molecule has 152 valence electrons. The fourth-order valence-corrected chi connectivity index (χ4v) is 2.48. The van der Waals surface area contributed by atoms with Gasteiger partial charge >= 0.3 is 23.9 Å². The Balaban J connectivity index is 4.20. The quantitative estimate of drug-likeness (QED) is 0.185. The van der Waals surface area contributed by atoms with Gasteiger partial charge < -0.3 is 0 Å². The van der Waals surface area contributed by atoms with E-state index in [1.54, 1.807) is 0 Å². The van der Waals surface area contributed by atoms with E-state index in [4.69, 9.17) is 0 Å². The van der Waals surface area contributed by atoms with Gasteiger partial charge in [0.05, 0.1) is 0 Å². The van der Waals surface area contributed by atoms with Crippen molar-refractivity contribution in [1.82, 2.24) is 0 Å². The zero-order valence-corrected chi connectivity index (χ0v) is 14.5. The van der Waals surface area contributed by atoms with E-state index in [9.17, 15) is 39.5 Å². The van der Waals surface area contributed by atoms with E-state index in [2.05, 4.69) is 12.6 Å². The van der Waals surface area contributed by atoms with Crippen LogP contribution in [0.5, 0.6) is 0 Å². The van der Waals surface area contributed by atoms with Gasteiger partial charge in [-0.25, -0.2) is 0 Å². The molecule has 0 bridgehead atoms. The molecule has 0 nitrogen and oxygen atoms in total. The summed E-state index contributed by atoms with van der Waals surface area (Å²) >= 11 is 4.06. The van der Waals surface area contributed by atoms with E-state index in [0.717, 1.165) is 37.9 Å². The molecule has 0 spiro atoms. The predicted molar refractivity (Wildman–Crippen MR) is 80.9 cm³/mol. The third-order valence-electron chi connectivity index (χ3n) is 3.86. The fraction of sp³-hybridized carbons (Fsp3) is 1.00. The van der Waals surface area contributed by atoms with Crippen LogP contribution in [-0.4, -0.2) is 29.7 Å².